The highest BCUT2D eigenvalue weighted by molar-refractivity contribution is 5.37. The summed E-state index contributed by atoms with van der Waals surface area (Å²) in [5.74, 6) is 6.45. The summed E-state index contributed by atoms with van der Waals surface area (Å²) < 4.78 is 3.36. The summed E-state index contributed by atoms with van der Waals surface area (Å²) in [7, 11) is 0. The van der Waals surface area contributed by atoms with Crippen molar-refractivity contribution in [2.45, 2.75) is 6.54 Å². The molecule has 11 nitrogen and oxygen atoms in total. The van der Waals surface area contributed by atoms with E-state index in [0.717, 1.165) is 0 Å². The molecular weight excluding hydrogens is 274 g/mol. The highest BCUT2D eigenvalue weighted by Gasteiger charge is 2.07. The molecule has 0 unspecified atom stereocenters. The lowest BCUT2D eigenvalue weighted by Gasteiger charge is -2.08. The van der Waals surface area contributed by atoms with Gasteiger partial charge in [-0.2, -0.15) is 15.0 Å². The summed E-state index contributed by atoms with van der Waals surface area (Å²) >= 11 is 0. The monoisotopic (exact) mass is 287 g/mol. The van der Waals surface area contributed by atoms with Crippen LogP contribution in [0.3, 0.4) is 0 Å². The summed E-state index contributed by atoms with van der Waals surface area (Å²) in [6, 6.07) is 0. The van der Waals surface area contributed by atoms with Gasteiger partial charge < -0.3 is 5.32 Å². The Morgan fingerprint density at radius 3 is 2.71 bits per heavy atom. The lowest BCUT2D eigenvalue weighted by atomic mass is 10.6. The third-order valence-electron chi connectivity index (χ3n) is 2.58. The van der Waals surface area contributed by atoms with Gasteiger partial charge in [0.05, 0.1) is 12.7 Å². The zero-order valence-electron chi connectivity index (χ0n) is 11.0. The van der Waals surface area contributed by atoms with E-state index in [9.17, 15) is 0 Å². The fraction of sp³-hybridized carbons (Fsp3) is 0.200. The maximum absolute atomic E-state index is 5.37. The number of nitrogens with zero attached hydrogens (tertiary/aromatic N) is 8. The first-order valence-corrected chi connectivity index (χ1v) is 6.14. The summed E-state index contributed by atoms with van der Waals surface area (Å²) in [5.41, 5.74) is 2.41. The second-order valence-corrected chi connectivity index (χ2v) is 3.99. The van der Waals surface area contributed by atoms with E-state index in [-0.39, 0.29) is 5.95 Å². The molecule has 3 aromatic rings. The van der Waals surface area contributed by atoms with E-state index in [2.05, 4.69) is 41.0 Å². The van der Waals surface area contributed by atoms with Crippen molar-refractivity contribution in [3.05, 3.63) is 31.1 Å². The molecule has 0 saturated carbocycles. The Hall–Kier alpha value is -3.08. The summed E-state index contributed by atoms with van der Waals surface area (Å²) in [5, 5.41) is 10.7. The van der Waals surface area contributed by atoms with Crippen LogP contribution in [0, 0.1) is 0 Å². The molecular formula is C10H13N11. The van der Waals surface area contributed by atoms with Crippen LogP contribution in [0.1, 0.15) is 0 Å². The number of rotatable bonds is 6. The molecule has 0 aliphatic heterocycles. The number of hydrazine groups is 1. The Kier molecular flexibility index (Phi) is 3.64. The van der Waals surface area contributed by atoms with Gasteiger partial charge in [0.2, 0.25) is 17.8 Å². The van der Waals surface area contributed by atoms with E-state index < -0.39 is 0 Å². The minimum Gasteiger partial charge on any atom is -0.352 e. The molecule has 0 radical (unpaired) electrons. The third-order valence-corrected chi connectivity index (χ3v) is 2.58. The number of hydrogen-bond donors (Lipinski definition) is 3. The van der Waals surface area contributed by atoms with Crippen LogP contribution in [0.15, 0.2) is 31.1 Å². The van der Waals surface area contributed by atoms with Gasteiger partial charge in [-0.3, -0.25) is 14.7 Å². The molecule has 11 heteroatoms. The standard InChI is InChI=1S/C10H13N11/c11-18-9-15-8(13-2-5-21-6-3-14-19-21)16-10(17-9)20-4-1-12-7-20/h1,3-4,6-7H,2,5,11H2,(H2,13,15,16,17,18). The number of anilines is 2. The summed E-state index contributed by atoms with van der Waals surface area (Å²) in [4.78, 5) is 16.5. The lowest BCUT2D eigenvalue weighted by molar-refractivity contribution is 0.607. The molecule has 0 saturated heterocycles. The van der Waals surface area contributed by atoms with Gasteiger partial charge in [0.25, 0.3) is 0 Å². The second kappa shape index (κ2) is 5.92. The Morgan fingerprint density at radius 2 is 2.00 bits per heavy atom. The number of aromatic nitrogens is 8. The van der Waals surface area contributed by atoms with Gasteiger partial charge in [-0.15, -0.1) is 5.10 Å². The molecule has 3 aromatic heterocycles. The van der Waals surface area contributed by atoms with E-state index >= 15 is 0 Å². The van der Waals surface area contributed by atoms with Crippen LogP contribution < -0.4 is 16.6 Å². The number of hydrogen-bond acceptors (Lipinski definition) is 9. The molecule has 0 aromatic carbocycles. The smallest absolute Gasteiger partial charge is 0.243 e. The average Bonchev–Trinajstić information content (AvgIpc) is 3.20. The predicted octanol–water partition coefficient (Wildman–Crippen LogP) is -0.954. The first-order chi connectivity index (χ1) is 10.3. The van der Waals surface area contributed by atoms with Crippen LogP contribution in [0.2, 0.25) is 0 Å². The Labute approximate surface area is 119 Å². The Morgan fingerprint density at radius 1 is 1.10 bits per heavy atom. The normalized spacial score (nSPS) is 10.5. The zero-order chi connectivity index (χ0) is 14.5. The number of imidazole rings is 1. The van der Waals surface area contributed by atoms with Crippen molar-refractivity contribution >= 4 is 11.9 Å². The molecule has 3 rings (SSSR count). The largest absolute Gasteiger partial charge is 0.352 e. The van der Waals surface area contributed by atoms with E-state index in [1.54, 1.807) is 40.4 Å². The van der Waals surface area contributed by atoms with Gasteiger partial charge in [-0.05, 0) is 0 Å². The van der Waals surface area contributed by atoms with Crippen LogP contribution in [-0.2, 0) is 6.54 Å². The van der Waals surface area contributed by atoms with Crippen molar-refractivity contribution in [2.75, 3.05) is 17.3 Å². The van der Waals surface area contributed by atoms with Crippen molar-refractivity contribution in [1.82, 2.24) is 39.5 Å². The van der Waals surface area contributed by atoms with E-state index in [1.165, 1.54) is 0 Å². The van der Waals surface area contributed by atoms with Crippen LogP contribution in [0.25, 0.3) is 5.95 Å². The number of nitrogens with one attached hydrogen (secondary N) is 2. The molecule has 0 amide bonds. The third kappa shape index (κ3) is 3.09. The van der Waals surface area contributed by atoms with Crippen LogP contribution in [0.4, 0.5) is 11.9 Å². The maximum atomic E-state index is 5.37. The quantitative estimate of drug-likeness (QED) is 0.387. The van der Waals surface area contributed by atoms with E-state index in [0.29, 0.717) is 25.0 Å². The minimum absolute atomic E-state index is 0.261. The SMILES string of the molecule is NNc1nc(NCCn2ccnn2)nc(-n2ccnc2)n1. The second-order valence-electron chi connectivity index (χ2n) is 3.99. The fourth-order valence-corrected chi connectivity index (χ4v) is 1.64. The Balaban J connectivity index is 1.73. The van der Waals surface area contributed by atoms with Gasteiger partial charge in [0, 0.05) is 25.1 Å². The number of nitrogens with two attached hydrogens (primary N) is 1. The van der Waals surface area contributed by atoms with Gasteiger partial charge >= 0.3 is 0 Å². The highest BCUT2D eigenvalue weighted by Crippen LogP contribution is 2.08. The van der Waals surface area contributed by atoms with Crippen molar-refractivity contribution < 1.29 is 0 Å². The summed E-state index contributed by atoms with van der Waals surface area (Å²) in [6.07, 6.45) is 8.36. The first kappa shape index (κ1) is 12.9. The van der Waals surface area contributed by atoms with E-state index in [4.69, 9.17) is 5.84 Å². The molecule has 0 aliphatic rings. The van der Waals surface area contributed by atoms with Crippen LogP contribution in [-0.4, -0.2) is 46.0 Å². The van der Waals surface area contributed by atoms with Gasteiger partial charge in [0.15, 0.2) is 0 Å². The van der Waals surface area contributed by atoms with Crippen molar-refractivity contribution in [1.29, 1.82) is 0 Å². The van der Waals surface area contributed by atoms with E-state index in [1.807, 2.05) is 0 Å². The van der Waals surface area contributed by atoms with Crippen molar-refractivity contribution in [3.63, 3.8) is 0 Å². The zero-order valence-corrected chi connectivity index (χ0v) is 11.0. The molecule has 21 heavy (non-hydrogen) atoms. The molecule has 0 atom stereocenters. The first-order valence-electron chi connectivity index (χ1n) is 6.14. The topological polar surface area (TPSA) is 137 Å². The molecule has 0 spiro atoms. The minimum atomic E-state index is 0.261. The predicted molar refractivity (Wildman–Crippen MR) is 73.3 cm³/mol. The Bertz CT molecular complexity index is 675. The molecule has 3 heterocycles. The fourth-order valence-electron chi connectivity index (χ4n) is 1.64. The highest BCUT2D eigenvalue weighted by atomic mass is 15.4. The maximum Gasteiger partial charge on any atom is 0.243 e. The average molecular weight is 287 g/mol. The molecule has 4 N–H and O–H groups in total. The van der Waals surface area contributed by atoms with Crippen molar-refractivity contribution in [2.24, 2.45) is 5.84 Å². The van der Waals surface area contributed by atoms with Gasteiger partial charge in [-0.25, -0.2) is 10.8 Å². The van der Waals surface area contributed by atoms with Crippen LogP contribution in [0.5, 0.6) is 0 Å². The lowest BCUT2D eigenvalue weighted by Crippen LogP contribution is -2.17. The van der Waals surface area contributed by atoms with Gasteiger partial charge in [-0.1, -0.05) is 5.21 Å². The van der Waals surface area contributed by atoms with Crippen molar-refractivity contribution in [3.8, 4) is 5.95 Å². The number of nitrogen functional groups attached to an aromatic ring is 1. The summed E-state index contributed by atoms with van der Waals surface area (Å²) in [6.45, 7) is 1.22. The molecule has 0 fully saturated rings. The molecule has 0 bridgehead atoms. The van der Waals surface area contributed by atoms with Gasteiger partial charge in [0.1, 0.15) is 6.33 Å². The molecule has 0 aliphatic carbocycles. The van der Waals surface area contributed by atoms with Crippen LogP contribution >= 0.6 is 0 Å². The molecule has 108 valence electrons.